The van der Waals surface area contributed by atoms with Crippen LogP contribution < -0.4 is 10.9 Å². The Morgan fingerprint density at radius 2 is 1.76 bits per heavy atom. The predicted molar refractivity (Wildman–Crippen MR) is 130 cm³/mol. The summed E-state index contributed by atoms with van der Waals surface area (Å²) in [7, 11) is 0. The van der Waals surface area contributed by atoms with Crippen LogP contribution in [-0.4, -0.2) is 26.5 Å². The molecular formula is C25H24N4O3S. The summed E-state index contributed by atoms with van der Waals surface area (Å²) in [5, 5.41) is 8.36. The second-order valence-corrected chi connectivity index (χ2v) is 8.76. The van der Waals surface area contributed by atoms with Gasteiger partial charge in [0.15, 0.2) is 5.78 Å². The Kier molecular flexibility index (Phi) is 6.37. The van der Waals surface area contributed by atoms with Gasteiger partial charge >= 0.3 is 0 Å². The summed E-state index contributed by atoms with van der Waals surface area (Å²) in [6.07, 6.45) is 0.469. The molecule has 8 heteroatoms. The maximum atomic E-state index is 13.0. The Morgan fingerprint density at radius 3 is 2.42 bits per heavy atom. The van der Waals surface area contributed by atoms with Crippen LogP contribution in [0.15, 0.2) is 58.7 Å². The largest absolute Gasteiger partial charge is 0.326 e. The van der Waals surface area contributed by atoms with Crippen molar-refractivity contribution in [3.8, 4) is 16.4 Å². The van der Waals surface area contributed by atoms with E-state index < -0.39 is 0 Å². The number of H-pyrrole nitrogens is 1. The average molecular weight is 461 g/mol. The SMILES string of the molecule is CC(=O)c1ccc(NC(=O)CCc2c(C)[nH]n(-c3nc(-c4ccc(C)cc4)cs3)c2=O)cc1. The van der Waals surface area contributed by atoms with Gasteiger partial charge in [-0.2, -0.15) is 4.68 Å². The van der Waals surface area contributed by atoms with Crippen molar-refractivity contribution in [2.75, 3.05) is 5.32 Å². The summed E-state index contributed by atoms with van der Waals surface area (Å²) in [5.74, 6) is -0.230. The molecule has 0 saturated carbocycles. The number of thiazole rings is 1. The molecule has 2 aromatic carbocycles. The highest BCUT2D eigenvalue weighted by molar-refractivity contribution is 7.12. The van der Waals surface area contributed by atoms with Crippen molar-refractivity contribution < 1.29 is 9.59 Å². The van der Waals surface area contributed by atoms with E-state index in [4.69, 9.17) is 0 Å². The zero-order valence-electron chi connectivity index (χ0n) is 18.6. The molecular weight excluding hydrogens is 436 g/mol. The zero-order valence-corrected chi connectivity index (χ0v) is 19.5. The summed E-state index contributed by atoms with van der Waals surface area (Å²) in [6, 6.07) is 14.8. The van der Waals surface area contributed by atoms with Crippen molar-refractivity contribution >= 4 is 28.7 Å². The van der Waals surface area contributed by atoms with Crippen molar-refractivity contribution in [2.24, 2.45) is 0 Å². The van der Waals surface area contributed by atoms with Crippen LogP contribution in [0.2, 0.25) is 0 Å². The molecule has 0 bridgehead atoms. The van der Waals surface area contributed by atoms with Gasteiger partial charge < -0.3 is 5.32 Å². The molecule has 4 aromatic rings. The Bertz CT molecular complexity index is 1360. The fourth-order valence-electron chi connectivity index (χ4n) is 3.48. The number of benzene rings is 2. The number of nitrogens with zero attached hydrogens (tertiary/aromatic N) is 2. The average Bonchev–Trinajstić information content (AvgIpc) is 3.38. The van der Waals surface area contributed by atoms with Gasteiger partial charge in [0.05, 0.1) is 5.69 Å². The van der Waals surface area contributed by atoms with E-state index in [9.17, 15) is 14.4 Å². The van der Waals surface area contributed by atoms with Crippen LogP contribution in [0.4, 0.5) is 5.69 Å². The van der Waals surface area contributed by atoms with Gasteiger partial charge in [-0.3, -0.25) is 19.5 Å². The fraction of sp³-hybridized carbons (Fsp3) is 0.200. The minimum Gasteiger partial charge on any atom is -0.326 e. The van der Waals surface area contributed by atoms with E-state index in [1.807, 2.05) is 43.5 Å². The molecule has 0 atom stereocenters. The van der Waals surface area contributed by atoms with Crippen molar-refractivity contribution in [1.29, 1.82) is 0 Å². The lowest BCUT2D eigenvalue weighted by molar-refractivity contribution is -0.116. The van der Waals surface area contributed by atoms with Gasteiger partial charge in [-0.1, -0.05) is 29.8 Å². The third-order valence-corrected chi connectivity index (χ3v) is 6.23. The number of rotatable bonds is 7. The third-order valence-electron chi connectivity index (χ3n) is 5.40. The first-order chi connectivity index (χ1) is 15.8. The van der Waals surface area contributed by atoms with Gasteiger partial charge in [-0.25, -0.2) is 4.98 Å². The quantitative estimate of drug-likeness (QED) is 0.391. The molecule has 168 valence electrons. The van der Waals surface area contributed by atoms with Crippen molar-refractivity contribution in [2.45, 2.75) is 33.6 Å². The first kappa shape index (κ1) is 22.4. The van der Waals surface area contributed by atoms with Gasteiger partial charge in [0, 0.05) is 39.9 Å². The number of aromatic nitrogens is 3. The lowest BCUT2D eigenvalue weighted by atomic mass is 10.1. The molecule has 2 heterocycles. The highest BCUT2D eigenvalue weighted by atomic mass is 32.1. The second kappa shape index (κ2) is 9.38. The Morgan fingerprint density at radius 1 is 1.06 bits per heavy atom. The van der Waals surface area contributed by atoms with Crippen LogP contribution in [-0.2, 0) is 11.2 Å². The predicted octanol–water partition coefficient (Wildman–Crippen LogP) is 4.68. The molecule has 4 rings (SSSR count). The van der Waals surface area contributed by atoms with E-state index in [1.165, 1.54) is 28.5 Å². The second-order valence-electron chi connectivity index (χ2n) is 7.92. The van der Waals surface area contributed by atoms with E-state index in [2.05, 4.69) is 15.4 Å². The molecule has 0 unspecified atom stereocenters. The monoisotopic (exact) mass is 460 g/mol. The number of hydrogen-bond donors (Lipinski definition) is 2. The Hall–Kier alpha value is -3.78. The van der Waals surface area contributed by atoms with Gasteiger partial charge in [0.25, 0.3) is 5.56 Å². The topological polar surface area (TPSA) is 96.8 Å². The lowest BCUT2D eigenvalue weighted by Crippen LogP contribution is -2.19. The third kappa shape index (κ3) is 5.01. The van der Waals surface area contributed by atoms with Gasteiger partial charge in [-0.15, -0.1) is 11.3 Å². The van der Waals surface area contributed by atoms with E-state index in [-0.39, 0.29) is 23.7 Å². The number of anilines is 1. The van der Waals surface area contributed by atoms with Gasteiger partial charge in [0.1, 0.15) is 0 Å². The van der Waals surface area contributed by atoms with E-state index >= 15 is 0 Å². The first-order valence-electron chi connectivity index (χ1n) is 10.6. The number of amides is 1. The normalized spacial score (nSPS) is 10.9. The number of aromatic amines is 1. The molecule has 2 aromatic heterocycles. The Labute approximate surface area is 195 Å². The summed E-state index contributed by atoms with van der Waals surface area (Å²) in [5.41, 5.74) is 5.25. The van der Waals surface area contributed by atoms with E-state index in [1.54, 1.807) is 24.3 Å². The van der Waals surface area contributed by atoms with Crippen molar-refractivity contribution in [3.63, 3.8) is 0 Å². The molecule has 0 radical (unpaired) electrons. The number of Topliss-reactive ketones (excluding diaryl/α,β-unsaturated/α-hetero) is 1. The minimum absolute atomic E-state index is 0.0293. The van der Waals surface area contributed by atoms with E-state index in [0.717, 1.165) is 11.3 Å². The molecule has 7 nitrogen and oxygen atoms in total. The molecule has 1 amide bonds. The smallest absolute Gasteiger partial charge is 0.276 e. The lowest BCUT2D eigenvalue weighted by Gasteiger charge is -2.05. The standard InChI is InChI=1S/C25H24N4O3S/c1-15-4-6-19(7-5-15)22-14-33-25(27-22)29-24(32)21(16(2)28-29)12-13-23(31)26-20-10-8-18(9-11-20)17(3)30/h4-11,14,28H,12-13H2,1-3H3,(H,26,31). The van der Waals surface area contributed by atoms with E-state index in [0.29, 0.717) is 34.1 Å². The molecule has 0 aliphatic rings. The number of ketones is 1. The zero-order chi connectivity index (χ0) is 23.5. The molecule has 33 heavy (non-hydrogen) atoms. The Balaban J connectivity index is 1.44. The fourth-order valence-corrected chi connectivity index (χ4v) is 4.28. The van der Waals surface area contributed by atoms with Crippen LogP contribution in [0.25, 0.3) is 16.4 Å². The molecule has 0 saturated heterocycles. The maximum Gasteiger partial charge on any atom is 0.276 e. The number of nitrogens with one attached hydrogen (secondary N) is 2. The summed E-state index contributed by atoms with van der Waals surface area (Å²) in [6.45, 7) is 5.35. The number of carbonyl (C=O) groups is 2. The first-order valence-corrected chi connectivity index (χ1v) is 11.4. The molecule has 2 N–H and O–H groups in total. The van der Waals surface area contributed by atoms with Gasteiger partial charge in [0.2, 0.25) is 11.0 Å². The van der Waals surface area contributed by atoms with Crippen LogP contribution in [0.3, 0.4) is 0 Å². The number of hydrogen-bond acceptors (Lipinski definition) is 5. The van der Waals surface area contributed by atoms with Crippen LogP contribution in [0.1, 0.15) is 40.5 Å². The molecule has 0 aliphatic heterocycles. The molecule has 0 fully saturated rings. The summed E-state index contributed by atoms with van der Waals surface area (Å²) < 4.78 is 1.44. The van der Waals surface area contributed by atoms with Gasteiger partial charge in [-0.05, 0) is 51.5 Å². The number of aryl methyl sites for hydroxylation is 2. The highest BCUT2D eigenvalue weighted by Crippen LogP contribution is 2.24. The highest BCUT2D eigenvalue weighted by Gasteiger charge is 2.16. The minimum atomic E-state index is -0.201. The maximum absolute atomic E-state index is 13.0. The van der Waals surface area contributed by atoms with Crippen molar-refractivity contribution in [1.82, 2.24) is 14.8 Å². The van der Waals surface area contributed by atoms with Crippen molar-refractivity contribution in [3.05, 3.63) is 86.6 Å². The molecule has 0 spiro atoms. The number of carbonyl (C=O) groups excluding carboxylic acids is 2. The van der Waals surface area contributed by atoms with Crippen LogP contribution in [0, 0.1) is 13.8 Å². The summed E-state index contributed by atoms with van der Waals surface area (Å²) in [4.78, 5) is 41.3. The van der Waals surface area contributed by atoms with Crippen LogP contribution >= 0.6 is 11.3 Å². The van der Waals surface area contributed by atoms with Crippen LogP contribution in [0.5, 0.6) is 0 Å². The molecule has 0 aliphatic carbocycles. The summed E-state index contributed by atoms with van der Waals surface area (Å²) >= 11 is 1.38.